The molecule has 6 saturated heterocycles. The monoisotopic (exact) mass is 1070 g/mol. The molecule has 0 radical (unpaired) electrons. The Morgan fingerprint density at radius 3 is 1.04 bits per heavy atom. The molecule has 6 aliphatic rings. The zero-order chi connectivity index (χ0) is 53.9. The van der Waals surface area contributed by atoms with E-state index < -0.39 is 236 Å². The minimum atomic E-state index is -2.22. The highest BCUT2D eigenvalue weighted by atomic mass is 16.8. The van der Waals surface area contributed by atoms with E-state index in [2.05, 4.69) is 10.6 Å². The smallest absolute Gasteiger partial charge is 0.217 e. The lowest BCUT2D eigenvalue weighted by atomic mass is 9.94. The summed E-state index contributed by atoms with van der Waals surface area (Å²) >= 11 is 0. The number of aliphatic hydroxyl groups excluding tert-OH is 18. The molecule has 0 spiro atoms. The standard InChI is InChI=1S/C40H68N2O31/c1-9(49)41-17-22(54)19(51)11(3-43)64-36(17)72-33-20(52)12(4-44)66-40(28(33)60)71-32-16(8-48)68-38(27(59)25(32)57)69-30-15(7-47)67-37(18(23(30)55)42-10(2)50)73-34-21(53)13(5-45)65-39(29(34)61)70-31-14(6-46)63-35(62)26(58)24(31)56/h11-40,43-48,51-62H,3-8H2,1-2H3,(H,41,49)(H,42,50)/t11-,12-,13-,14-,15-,16-,17-,18-,19+,20+,21+,22-,23-,24-,25-,26-,27-,28-,29-,30-,31-,32+,33+,34+,35-,36+,37+,38+,39+,40-/m1/s1. The number of aliphatic hydroxyl groups is 18. The zero-order valence-corrected chi connectivity index (χ0v) is 38.9. The second-order valence-corrected chi connectivity index (χ2v) is 18.2. The Balaban J connectivity index is 1.17. The molecule has 0 aromatic rings. The summed E-state index contributed by atoms with van der Waals surface area (Å²) in [6.07, 6.45) is -52.9. The predicted molar refractivity (Wildman–Crippen MR) is 222 cm³/mol. The van der Waals surface area contributed by atoms with Crippen molar-refractivity contribution in [2.24, 2.45) is 0 Å². The van der Waals surface area contributed by atoms with Gasteiger partial charge in [0.05, 0.1) is 39.6 Å². The number of nitrogens with one attached hydrogen (secondary N) is 2. The van der Waals surface area contributed by atoms with Gasteiger partial charge < -0.3 is 155 Å². The molecule has 30 atom stereocenters. The number of carbonyl (C=O) groups is 2. The molecule has 2 amide bonds. The molecule has 0 aromatic heterocycles. The molecule has 6 fully saturated rings. The van der Waals surface area contributed by atoms with Crippen LogP contribution in [0.5, 0.6) is 0 Å². The number of rotatable bonds is 18. The van der Waals surface area contributed by atoms with Crippen LogP contribution in [0.3, 0.4) is 0 Å². The van der Waals surface area contributed by atoms with E-state index in [0.29, 0.717) is 0 Å². The van der Waals surface area contributed by atoms with Gasteiger partial charge in [-0.15, -0.1) is 0 Å². The van der Waals surface area contributed by atoms with Crippen molar-refractivity contribution < 1.29 is 154 Å². The summed E-state index contributed by atoms with van der Waals surface area (Å²) in [4.78, 5) is 24.5. The lowest BCUT2D eigenvalue weighted by Gasteiger charge is -2.50. The van der Waals surface area contributed by atoms with Gasteiger partial charge in [-0.3, -0.25) is 9.59 Å². The maximum atomic E-state index is 12.5. The van der Waals surface area contributed by atoms with Crippen LogP contribution in [0.4, 0.5) is 0 Å². The van der Waals surface area contributed by atoms with E-state index in [4.69, 9.17) is 52.1 Å². The van der Waals surface area contributed by atoms with Crippen LogP contribution in [0, 0.1) is 0 Å². The predicted octanol–water partition coefficient (Wildman–Crippen LogP) is -13.8. The summed E-state index contributed by atoms with van der Waals surface area (Å²) < 4.78 is 62.2. The molecule has 20 N–H and O–H groups in total. The van der Waals surface area contributed by atoms with Crippen molar-refractivity contribution in [1.29, 1.82) is 0 Å². The molecule has 0 aromatic carbocycles. The van der Waals surface area contributed by atoms with Crippen LogP contribution in [0.25, 0.3) is 0 Å². The highest BCUT2D eigenvalue weighted by Gasteiger charge is 2.58. The van der Waals surface area contributed by atoms with Crippen molar-refractivity contribution >= 4 is 11.8 Å². The van der Waals surface area contributed by atoms with Crippen LogP contribution in [-0.2, 0) is 61.7 Å². The maximum Gasteiger partial charge on any atom is 0.217 e. The van der Waals surface area contributed by atoms with Gasteiger partial charge in [0.15, 0.2) is 37.7 Å². The second kappa shape index (κ2) is 26.0. The molecule has 0 bridgehead atoms. The molecule has 33 nitrogen and oxygen atoms in total. The molecule has 73 heavy (non-hydrogen) atoms. The van der Waals surface area contributed by atoms with Crippen molar-refractivity contribution in [3.05, 3.63) is 0 Å². The molecule has 33 heteroatoms. The number of carbonyl (C=O) groups excluding carboxylic acids is 2. The van der Waals surface area contributed by atoms with Gasteiger partial charge in [0, 0.05) is 13.8 Å². The number of amides is 2. The molecule has 424 valence electrons. The topological polar surface area (TPSA) is 524 Å². The van der Waals surface area contributed by atoms with E-state index in [9.17, 15) is 102 Å². The highest BCUT2D eigenvalue weighted by molar-refractivity contribution is 5.73. The van der Waals surface area contributed by atoms with E-state index in [0.717, 1.165) is 13.8 Å². The van der Waals surface area contributed by atoms with Crippen LogP contribution in [0.1, 0.15) is 13.8 Å². The first-order chi connectivity index (χ1) is 34.5. The van der Waals surface area contributed by atoms with Gasteiger partial charge in [-0.2, -0.15) is 0 Å². The first-order valence-electron chi connectivity index (χ1n) is 23.1. The molecule has 0 saturated carbocycles. The Hall–Kier alpha value is -2.22. The van der Waals surface area contributed by atoms with E-state index in [1.54, 1.807) is 0 Å². The first kappa shape index (κ1) is 60.0. The minimum Gasteiger partial charge on any atom is -0.394 e. The van der Waals surface area contributed by atoms with E-state index in [1.165, 1.54) is 0 Å². The lowest BCUT2D eigenvalue weighted by molar-refractivity contribution is -0.389. The third kappa shape index (κ3) is 12.9. The fourth-order valence-corrected chi connectivity index (χ4v) is 9.32. The first-order valence-corrected chi connectivity index (χ1v) is 23.1. The van der Waals surface area contributed by atoms with E-state index in [-0.39, 0.29) is 0 Å². The average molecular weight is 1070 g/mol. The molecular formula is C40H68N2O31. The van der Waals surface area contributed by atoms with Crippen LogP contribution in [-0.4, -0.2) is 327 Å². The fraction of sp³-hybridized carbons (Fsp3) is 0.950. The lowest BCUT2D eigenvalue weighted by Crippen LogP contribution is -2.70. The van der Waals surface area contributed by atoms with Gasteiger partial charge >= 0.3 is 0 Å². The average Bonchev–Trinajstić information content (AvgIpc) is 3.36. The normalized spacial score (nSPS) is 49.8. The Kier molecular flexibility index (Phi) is 21.3. The Morgan fingerprint density at radius 1 is 0.329 bits per heavy atom. The summed E-state index contributed by atoms with van der Waals surface area (Å²) in [5.74, 6) is -1.59. The molecule has 0 unspecified atom stereocenters. The van der Waals surface area contributed by atoms with Crippen molar-refractivity contribution in [1.82, 2.24) is 10.6 Å². The maximum absolute atomic E-state index is 12.5. The van der Waals surface area contributed by atoms with Gasteiger partial charge in [0.1, 0.15) is 146 Å². The third-order valence-corrected chi connectivity index (χ3v) is 13.2. The van der Waals surface area contributed by atoms with E-state index in [1.807, 2.05) is 0 Å². The third-order valence-electron chi connectivity index (χ3n) is 13.2. The molecule has 6 heterocycles. The molecule has 6 rings (SSSR count). The van der Waals surface area contributed by atoms with Crippen LogP contribution < -0.4 is 10.6 Å². The highest BCUT2D eigenvalue weighted by Crippen LogP contribution is 2.37. The number of ether oxygens (including phenoxy) is 11. The van der Waals surface area contributed by atoms with Crippen molar-refractivity contribution in [3.63, 3.8) is 0 Å². The molecular weight excluding hydrogens is 1000 g/mol. The summed E-state index contributed by atoms with van der Waals surface area (Å²) in [5, 5.41) is 197. The minimum absolute atomic E-state index is 0.741. The van der Waals surface area contributed by atoms with Crippen LogP contribution in [0.15, 0.2) is 0 Å². The molecule has 0 aliphatic carbocycles. The Labute approximate surface area is 413 Å². The van der Waals surface area contributed by atoms with Gasteiger partial charge in [0.25, 0.3) is 0 Å². The van der Waals surface area contributed by atoms with Crippen molar-refractivity contribution in [3.8, 4) is 0 Å². The quantitative estimate of drug-likeness (QED) is 0.0606. The van der Waals surface area contributed by atoms with Gasteiger partial charge in [-0.1, -0.05) is 0 Å². The SMILES string of the molecule is CC(=O)N[C@H]1[C@H](O[C@H]2[C@@H](O)[C@@H](CO)O[C@@H](O[C@H]3[C@H](O)[C@@H](O)[C@H](O)O[C@@H]3CO)[C@@H]2O)O[C@H](CO)[C@@H](O[C@@H]2O[C@H](CO)[C@H](O[C@H]3O[C@H](CO)[C@H](O)[C@H](O[C@@H]4O[C@H](CO)[C@H](O)[C@H](O)[C@H]4NC(C)=O)[C@H]3O)[C@H](O)[C@H]2O)[C@@H]1O. The van der Waals surface area contributed by atoms with Gasteiger partial charge in [0.2, 0.25) is 11.8 Å². The fourth-order valence-electron chi connectivity index (χ4n) is 9.32. The zero-order valence-electron chi connectivity index (χ0n) is 38.9. The largest absolute Gasteiger partial charge is 0.394 e. The Morgan fingerprint density at radius 2 is 0.630 bits per heavy atom. The molecule has 6 aliphatic heterocycles. The van der Waals surface area contributed by atoms with Gasteiger partial charge in [-0.25, -0.2) is 0 Å². The number of hydrogen-bond donors (Lipinski definition) is 20. The van der Waals surface area contributed by atoms with Crippen molar-refractivity contribution in [2.75, 3.05) is 39.6 Å². The summed E-state index contributed by atoms with van der Waals surface area (Å²) in [6, 6.07) is -3.34. The summed E-state index contributed by atoms with van der Waals surface area (Å²) in [5.41, 5.74) is 0. The van der Waals surface area contributed by atoms with Crippen molar-refractivity contribution in [2.45, 2.75) is 198 Å². The van der Waals surface area contributed by atoms with Gasteiger partial charge in [-0.05, 0) is 0 Å². The number of hydrogen-bond acceptors (Lipinski definition) is 31. The summed E-state index contributed by atoms with van der Waals surface area (Å²) in [7, 11) is 0. The Bertz CT molecular complexity index is 1750. The summed E-state index contributed by atoms with van der Waals surface area (Å²) in [6.45, 7) is -3.74. The van der Waals surface area contributed by atoms with Crippen LogP contribution >= 0.6 is 0 Å². The van der Waals surface area contributed by atoms with E-state index >= 15 is 0 Å². The second-order valence-electron chi connectivity index (χ2n) is 18.2. The van der Waals surface area contributed by atoms with Crippen LogP contribution in [0.2, 0.25) is 0 Å².